The molecule has 0 aliphatic carbocycles. The van der Waals surface area contributed by atoms with Crippen molar-refractivity contribution in [1.29, 1.82) is 0 Å². The number of anilines is 2. The van der Waals surface area contributed by atoms with E-state index >= 15 is 0 Å². The molecule has 2 heterocycles. The smallest absolute Gasteiger partial charge is 0.387 e. The highest BCUT2D eigenvalue weighted by molar-refractivity contribution is 5.72. The van der Waals surface area contributed by atoms with Gasteiger partial charge in [-0.15, -0.1) is 0 Å². The van der Waals surface area contributed by atoms with E-state index in [1.54, 1.807) is 30.6 Å². The number of halogens is 3. The molecule has 0 spiro atoms. The molecule has 4 rings (SSSR count). The van der Waals surface area contributed by atoms with Crippen molar-refractivity contribution in [2.45, 2.75) is 19.5 Å². The van der Waals surface area contributed by atoms with Crippen molar-refractivity contribution in [2.24, 2.45) is 5.92 Å². The van der Waals surface area contributed by atoms with E-state index in [9.17, 15) is 18.0 Å². The Labute approximate surface area is 212 Å². The molecule has 196 valence electrons. The predicted molar refractivity (Wildman–Crippen MR) is 130 cm³/mol. The largest absolute Gasteiger partial charge is 0.489 e. The standard InChI is InChI=1S/C26H27F3N4O4/c1-35-24(34)18-8-10-33(11-9-18)12-13-36-23-14-20(4-7-22(23)27)32-26-30-15-19(16-31-26)17-2-5-21(6-3-17)37-25(28)29/h2-7,14-16,18,25H,8-13H2,1H3,(H,30,31,32). The molecule has 0 bridgehead atoms. The van der Waals surface area contributed by atoms with Crippen LogP contribution in [0.15, 0.2) is 54.9 Å². The summed E-state index contributed by atoms with van der Waals surface area (Å²) in [6.45, 7) is -0.447. The van der Waals surface area contributed by atoms with Crippen molar-refractivity contribution in [3.8, 4) is 22.6 Å². The Bertz CT molecular complexity index is 1170. The number of benzene rings is 2. The van der Waals surface area contributed by atoms with Crippen molar-refractivity contribution >= 4 is 17.6 Å². The number of ether oxygens (including phenoxy) is 3. The Morgan fingerprint density at radius 2 is 1.78 bits per heavy atom. The van der Waals surface area contributed by atoms with Gasteiger partial charge in [-0.2, -0.15) is 8.78 Å². The number of nitrogens with one attached hydrogen (secondary N) is 1. The topological polar surface area (TPSA) is 85.8 Å². The van der Waals surface area contributed by atoms with Crippen LogP contribution in [0.1, 0.15) is 12.8 Å². The van der Waals surface area contributed by atoms with E-state index in [0.29, 0.717) is 30.4 Å². The Morgan fingerprint density at radius 3 is 2.43 bits per heavy atom. The lowest BCUT2D eigenvalue weighted by Crippen LogP contribution is -2.38. The van der Waals surface area contributed by atoms with E-state index in [1.807, 2.05) is 0 Å². The third-order valence-electron chi connectivity index (χ3n) is 6.04. The number of hydrogen-bond acceptors (Lipinski definition) is 8. The van der Waals surface area contributed by atoms with Gasteiger partial charge in [0.1, 0.15) is 12.4 Å². The summed E-state index contributed by atoms with van der Waals surface area (Å²) in [5, 5.41) is 3.02. The van der Waals surface area contributed by atoms with Gasteiger partial charge in [0.05, 0.1) is 13.0 Å². The first kappa shape index (κ1) is 26.2. The van der Waals surface area contributed by atoms with Crippen LogP contribution in [0, 0.1) is 11.7 Å². The molecule has 1 N–H and O–H groups in total. The number of rotatable bonds is 10. The minimum Gasteiger partial charge on any atom is -0.489 e. The molecular formula is C26H27F3N4O4. The lowest BCUT2D eigenvalue weighted by Gasteiger charge is -2.30. The fourth-order valence-electron chi connectivity index (χ4n) is 4.03. The van der Waals surface area contributed by atoms with Crippen molar-refractivity contribution in [3.63, 3.8) is 0 Å². The van der Waals surface area contributed by atoms with Crippen LogP contribution in [0.5, 0.6) is 11.5 Å². The van der Waals surface area contributed by atoms with Gasteiger partial charge in [-0.25, -0.2) is 14.4 Å². The Kier molecular flexibility index (Phi) is 8.78. The molecule has 0 saturated carbocycles. The van der Waals surface area contributed by atoms with E-state index in [1.165, 1.54) is 31.4 Å². The third kappa shape index (κ3) is 7.32. The van der Waals surface area contributed by atoms with Crippen LogP contribution in [0.4, 0.5) is 24.8 Å². The summed E-state index contributed by atoms with van der Waals surface area (Å²) in [6, 6.07) is 10.5. The van der Waals surface area contributed by atoms with Crippen LogP contribution in [0.25, 0.3) is 11.1 Å². The summed E-state index contributed by atoms with van der Waals surface area (Å²) >= 11 is 0. The Morgan fingerprint density at radius 1 is 1.08 bits per heavy atom. The van der Waals surface area contributed by atoms with Crippen molar-refractivity contribution in [2.75, 3.05) is 38.7 Å². The number of alkyl halides is 2. The maximum atomic E-state index is 14.3. The van der Waals surface area contributed by atoms with Crippen LogP contribution >= 0.6 is 0 Å². The number of aromatic nitrogens is 2. The van der Waals surface area contributed by atoms with Crippen LogP contribution < -0.4 is 14.8 Å². The number of piperidine rings is 1. The maximum Gasteiger partial charge on any atom is 0.387 e. The summed E-state index contributed by atoms with van der Waals surface area (Å²) in [5.74, 6) is -0.241. The summed E-state index contributed by atoms with van der Waals surface area (Å²) in [7, 11) is 1.40. The summed E-state index contributed by atoms with van der Waals surface area (Å²) in [4.78, 5) is 22.4. The second kappa shape index (κ2) is 12.4. The first-order valence-electron chi connectivity index (χ1n) is 11.8. The van der Waals surface area contributed by atoms with Gasteiger partial charge >= 0.3 is 12.6 Å². The molecule has 1 aliphatic rings. The molecule has 3 aromatic rings. The zero-order chi connectivity index (χ0) is 26.2. The minimum absolute atomic E-state index is 0.0632. The second-order valence-electron chi connectivity index (χ2n) is 8.46. The zero-order valence-electron chi connectivity index (χ0n) is 20.2. The van der Waals surface area contributed by atoms with E-state index in [4.69, 9.17) is 9.47 Å². The quantitative estimate of drug-likeness (QED) is 0.381. The van der Waals surface area contributed by atoms with Gasteiger partial charge in [0.15, 0.2) is 11.6 Å². The lowest BCUT2D eigenvalue weighted by atomic mass is 9.97. The highest BCUT2D eigenvalue weighted by Gasteiger charge is 2.25. The predicted octanol–water partition coefficient (Wildman–Crippen LogP) is 4.89. The fourth-order valence-corrected chi connectivity index (χ4v) is 4.03. The van der Waals surface area contributed by atoms with Gasteiger partial charge in [-0.05, 0) is 55.8 Å². The number of methoxy groups -OCH3 is 1. The molecule has 0 atom stereocenters. The Hall–Kier alpha value is -3.86. The van der Waals surface area contributed by atoms with Crippen LogP contribution in [0.3, 0.4) is 0 Å². The highest BCUT2D eigenvalue weighted by atomic mass is 19.3. The summed E-state index contributed by atoms with van der Waals surface area (Å²) in [6.07, 6.45) is 4.64. The number of nitrogens with zero attached hydrogens (tertiary/aromatic N) is 3. The Balaban J connectivity index is 1.29. The number of carbonyl (C=O) groups is 1. The highest BCUT2D eigenvalue weighted by Crippen LogP contribution is 2.26. The molecule has 1 fully saturated rings. The zero-order valence-corrected chi connectivity index (χ0v) is 20.2. The third-order valence-corrected chi connectivity index (χ3v) is 6.04. The molecular weight excluding hydrogens is 489 g/mol. The van der Waals surface area contributed by atoms with E-state index in [2.05, 4.69) is 24.9 Å². The fraction of sp³-hybridized carbons (Fsp3) is 0.346. The van der Waals surface area contributed by atoms with E-state index in [-0.39, 0.29) is 23.4 Å². The van der Waals surface area contributed by atoms with E-state index < -0.39 is 12.4 Å². The molecule has 11 heteroatoms. The molecule has 2 aromatic carbocycles. The van der Waals surface area contributed by atoms with E-state index in [0.717, 1.165) is 31.5 Å². The average Bonchev–Trinajstić information content (AvgIpc) is 2.91. The number of esters is 1. The molecule has 37 heavy (non-hydrogen) atoms. The van der Waals surface area contributed by atoms with Crippen molar-refractivity contribution in [3.05, 3.63) is 60.7 Å². The molecule has 1 aromatic heterocycles. The van der Waals surface area contributed by atoms with Gasteiger partial charge < -0.3 is 19.5 Å². The molecule has 1 aliphatic heterocycles. The van der Waals surface area contributed by atoms with Gasteiger partial charge in [-0.1, -0.05) is 12.1 Å². The average molecular weight is 517 g/mol. The molecule has 0 unspecified atom stereocenters. The molecule has 0 amide bonds. The molecule has 8 nitrogen and oxygen atoms in total. The first-order chi connectivity index (χ1) is 17.9. The van der Waals surface area contributed by atoms with Crippen molar-refractivity contribution in [1.82, 2.24) is 14.9 Å². The normalized spacial score (nSPS) is 14.4. The number of hydrogen-bond donors (Lipinski definition) is 1. The SMILES string of the molecule is COC(=O)C1CCN(CCOc2cc(Nc3ncc(-c4ccc(OC(F)F)cc4)cn3)ccc2F)CC1. The van der Waals surface area contributed by atoms with Gasteiger partial charge in [0, 0.05) is 36.3 Å². The lowest BCUT2D eigenvalue weighted by molar-refractivity contribution is -0.147. The van der Waals surface area contributed by atoms with Gasteiger partial charge in [0.2, 0.25) is 5.95 Å². The second-order valence-corrected chi connectivity index (χ2v) is 8.46. The minimum atomic E-state index is -2.88. The molecule has 0 radical (unpaired) electrons. The monoisotopic (exact) mass is 516 g/mol. The number of likely N-dealkylation sites (tertiary alicyclic amines) is 1. The van der Waals surface area contributed by atoms with Crippen LogP contribution in [-0.4, -0.2) is 60.8 Å². The summed E-state index contributed by atoms with van der Waals surface area (Å²) < 4.78 is 53.7. The van der Waals surface area contributed by atoms with Gasteiger partial charge in [0.25, 0.3) is 0 Å². The number of carbonyl (C=O) groups excluding carboxylic acids is 1. The van der Waals surface area contributed by atoms with Crippen LogP contribution in [-0.2, 0) is 9.53 Å². The van der Waals surface area contributed by atoms with Crippen LogP contribution in [0.2, 0.25) is 0 Å². The maximum absolute atomic E-state index is 14.3. The van der Waals surface area contributed by atoms with Crippen molar-refractivity contribution < 1.29 is 32.2 Å². The summed E-state index contributed by atoms with van der Waals surface area (Å²) in [5.41, 5.74) is 1.98. The van der Waals surface area contributed by atoms with Gasteiger partial charge in [-0.3, -0.25) is 9.69 Å². The molecule has 1 saturated heterocycles. The first-order valence-corrected chi connectivity index (χ1v) is 11.8.